The van der Waals surface area contributed by atoms with E-state index in [-0.39, 0.29) is 23.1 Å². The topological polar surface area (TPSA) is 67.2 Å². The first-order valence-corrected chi connectivity index (χ1v) is 11.5. The molecule has 29 heavy (non-hydrogen) atoms. The van der Waals surface area contributed by atoms with Crippen LogP contribution in [-0.2, 0) is 18.3 Å². The maximum atomic E-state index is 12.9. The van der Waals surface area contributed by atoms with Crippen molar-refractivity contribution < 1.29 is 9.59 Å². The number of hydrogen-bond donors (Lipinski definition) is 1. The van der Waals surface area contributed by atoms with Gasteiger partial charge < -0.3 is 10.2 Å². The van der Waals surface area contributed by atoms with Crippen molar-refractivity contribution in [3.63, 3.8) is 0 Å². The molecule has 0 radical (unpaired) electrons. The summed E-state index contributed by atoms with van der Waals surface area (Å²) in [6.07, 6.45) is 5.56. The summed E-state index contributed by atoms with van der Waals surface area (Å²) in [6, 6.07) is 9.85. The van der Waals surface area contributed by atoms with Gasteiger partial charge in [0.15, 0.2) is 0 Å². The van der Waals surface area contributed by atoms with E-state index in [1.54, 1.807) is 16.4 Å². The van der Waals surface area contributed by atoms with Crippen molar-refractivity contribution >= 4 is 29.3 Å². The lowest BCUT2D eigenvalue weighted by molar-refractivity contribution is -0.118. The second kappa shape index (κ2) is 7.86. The van der Waals surface area contributed by atoms with Gasteiger partial charge in [-0.05, 0) is 67.7 Å². The fourth-order valence-electron chi connectivity index (χ4n) is 4.39. The SMILES string of the molecule is CCc1cc(C(=O)N2CCC3(CC2)CC3C(=O)Nc2ccc(SC)cc2)n(C)n1. The Labute approximate surface area is 176 Å². The average Bonchev–Trinajstić information content (AvgIpc) is 3.30. The molecule has 1 unspecified atom stereocenters. The Bertz CT molecular complexity index is 913. The number of hydrogen-bond acceptors (Lipinski definition) is 4. The largest absolute Gasteiger partial charge is 0.337 e. The zero-order valence-corrected chi connectivity index (χ0v) is 18.1. The molecule has 1 saturated heterocycles. The summed E-state index contributed by atoms with van der Waals surface area (Å²) in [5.74, 6) is 0.217. The van der Waals surface area contributed by atoms with Crippen LogP contribution >= 0.6 is 11.8 Å². The maximum absolute atomic E-state index is 12.9. The Hall–Kier alpha value is -2.28. The van der Waals surface area contributed by atoms with Gasteiger partial charge in [-0.3, -0.25) is 14.3 Å². The van der Waals surface area contributed by atoms with Gasteiger partial charge >= 0.3 is 0 Å². The standard InChI is InChI=1S/C22H28N4O2S/c1-4-15-13-19(25(2)24-15)21(28)26-11-9-22(10-12-26)14-18(22)20(27)23-16-5-7-17(29-3)8-6-16/h5-8,13,18H,4,9-12,14H2,1-3H3,(H,23,27). The fraction of sp³-hybridized carbons (Fsp3) is 0.500. The number of carbonyl (C=O) groups is 2. The molecule has 2 amide bonds. The number of nitrogens with one attached hydrogen (secondary N) is 1. The minimum Gasteiger partial charge on any atom is -0.337 e. The number of amides is 2. The predicted molar refractivity (Wildman–Crippen MR) is 115 cm³/mol. The predicted octanol–water partition coefficient (Wildman–Crippen LogP) is 3.59. The highest BCUT2D eigenvalue weighted by molar-refractivity contribution is 7.98. The van der Waals surface area contributed by atoms with E-state index in [2.05, 4.69) is 10.4 Å². The third-order valence-electron chi connectivity index (χ3n) is 6.42. The molecular formula is C22H28N4O2S. The number of aromatic nitrogens is 2. The number of rotatable bonds is 5. The van der Waals surface area contributed by atoms with E-state index < -0.39 is 0 Å². The number of anilines is 1. The summed E-state index contributed by atoms with van der Waals surface area (Å²) in [6.45, 7) is 3.45. The zero-order valence-electron chi connectivity index (χ0n) is 17.3. The van der Waals surface area contributed by atoms with Crippen LogP contribution < -0.4 is 5.32 Å². The van der Waals surface area contributed by atoms with Crippen molar-refractivity contribution in [3.8, 4) is 0 Å². The summed E-state index contributed by atoms with van der Waals surface area (Å²) in [4.78, 5) is 28.7. The molecule has 2 heterocycles. The van der Waals surface area contributed by atoms with Gasteiger partial charge in [0.1, 0.15) is 5.69 Å². The van der Waals surface area contributed by atoms with Crippen LogP contribution in [0.15, 0.2) is 35.2 Å². The molecule has 1 saturated carbocycles. The molecule has 0 bridgehead atoms. The van der Waals surface area contributed by atoms with E-state index >= 15 is 0 Å². The normalized spacial score (nSPS) is 20.0. The third kappa shape index (κ3) is 3.92. The van der Waals surface area contributed by atoms with Crippen LogP contribution in [0.5, 0.6) is 0 Å². The number of piperidine rings is 1. The van der Waals surface area contributed by atoms with Crippen molar-refractivity contribution in [3.05, 3.63) is 41.7 Å². The van der Waals surface area contributed by atoms with E-state index in [1.165, 1.54) is 4.90 Å². The molecule has 1 spiro atoms. The fourth-order valence-corrected chi connectivity index (χ4v) is 4.80. The van der Waals surface area contributed by atoms with Crippen molar-refractivity contribution in [2.45, 2.75) is 37.5 Å². The van der Waals surface area contributed by atoms with Crippen LogP contribution in [0.4, 0.5) is 5.69 Å². The number of benzene rings is 1. The quantitative estimate of drug-likeness (QED) is 0.762. The molecule has 1 aromatic carbocycles. The van der Waals surface area contributed by atoms with E-state index in [0.717, 1.165) is 37.1 Å². The molecular weight excluding hydrogens is 384 g/mol. The summed E-state index contributed by atoms with van der Waals surface area (Å²) in [7, 11) is 1.82. The molecule has 1 aliphatic heterocycles. The lowest BCUT2D eigenvalue weighted by Gasteiger charge is -2.32. The number of nitrogens with zero attached hydrogens (tertiary/aromatic N) is 3. The molecule has 1 N–H and O–H groups in total. The minimum atomic E-state index is 0.0464. The van der Waals surface area contributed by atoms with Crippen molar-refractivity contribution in [1.82, 2.24) is 14.7 Å². The summed E-state index contributed by atoms with van der Waals surface area (Å²) in [5.41, 5.74) is 2.51. The van der Waals surface area contributed by atoms with Crippen molar-refractivity contribution in [2.75, 3.05) is 24.7 Å². The Morgan fingerprint density at radius 3 is 2.52 bits per heavy atom. The van der Waals surface area contributed by atoms with Crippen LogP contribution in [0.25, 0.3) is 0 Å². The molecule has 1 atom stereocenters. The van der Waals surface area contributed by atoms with Crippen LogP contribution in [0.3, 0.4) is 0 Å². The average molecular weight is 413 g/mol. The molecule has 2 aliphatic rings. The molecule has 4 rings (SSSR count). The lowest BCUT2D eigenvalue weighted by atomic mass is 9.90. The highest BCUT2D eigenvalue weighted by Gasteiger charge is 2.58. The van der Waals surface area contributed by atoms with Gasteiger partial charge in [0.25, 0.3) is 5.91 Å². The molecule has 7 heteroatoms. The first-order chi connectivity index (χ1) is 14.0. The summed E-state index contributed by atoms with van der Waals surface area (Å²) < 4.78 is 1.68. The van der Waals surface area contributed by atoms with Crippen molar-refractivity contribution in [1.29, 1.82) is 0 Å². The van der Waals surface area contributed by atoms with Gasteiger partial charge in [-0.2, -0.15) is 5.10 Å². The van der Waals surface area contributed by atoms with Crippen LogP contribution in [-0.4, -0.2) is 45.8 Å². The lowest BCUT2D eigenvalue weighted by Crippen LogP contribution is -2.40. The highest BCUT2D eigenvalue weighted by Crippen LogP contribution is 2.59. The second-order valence-corrected chi connectivity index (χ2v) is 9.01. The Morgan fingerprint density at radius 2 is 1.93 bits per heavy atom. The molecule has 2 fully saturated rings. The summed E-state index contributed by atoms with van der Waals surface area (Å²) in [5, 5.41) is 7.45. The second-order valence-electron chi connectivity index (χ2n) is 8.13. The molecule has 6 nitrogen and oxygen atoms in total. The van der Waals surface area contributed by atoms with Gasteiger partial charge in [-0.25, -0.2) is 0 Å². The highest BCUT2D eigenvalue weighted by atomic mass is 32.2. The van der Waals surface area contributed by atoms with E-state index in [1.807, 2.05) is 55.5 Å². The first-order valence-electron chi connectivity index (χ1n) is 10.2. The molecule has 154 valence electrons. The number of carbonyl (C=O) groups excluding carboxylic acids is 2. The molecule has 2 aromatic rings. The first kappa shape index (κ1) is 20.0. The van der Waals surface area contributed by atoms with E-state index in [0.29, 0.717) is 18.8 Å². The van der Waals surface area contributed by atoms with E-state index in [4.69, 9.17) is 0 Å². The molecule has 1 aromatic heterocycles. The van der Waals surface area contributed by atoms with Crippen LogP contribution in [0.2, 0.25) is 0 Å². The summed E-state index contributed by atoms with van der Waals surface area (Å²) >= 11 is 1.69. The van der Waals surface area contributed by atoms with Gasteiger partial charge in [0, 0.05) is 36.6 Å². The monoisotopic (exact) mass is 412 g/mol. The third-order valence-corrected chi connectivity index (χ3v) is 7.17. The van der Waals surface area contributed by atoms with Crippen LogP contribution in [0, 0.1) is 11.3 Å². The number of thioether (sulfide) groups is 1. The Morgan fingerprint density at radius 1 is 1.24 bits per heavy atom. The van der Waals surface area contributed by atoms with E-state index in [9.17, 15) is 9.59 Å². The van der Waals surface area contributed by atoms with Gasteiger partial charge in [-0.1, -0.05) is 6.92 Å². The Kier molecular flexibility index (Phi) is 5.42. The van der Waals surface area contributed by atoms with Gasteiger partial charge in [0.05, 0.1) is 5.69 Å². The van der Waals surface area contributed by atoms with Crippen molar-refractivity contribution in [2.24, 2.45) is 18.4 Å². The van der Waals surface area contributed by atoms with Gasteiger partial charge in [0.2, 0.25) is 5.91 Å². The molecule has 1 aliphatic carbocycles. The van der Waals surface area contributed by atoms with Crippen LogP contribution in [0.1, 0.15) is 42.4 Å². The number of aryl methyl sites for hydroxylation is 2. The van der Waals surface area contributed by atoms with Gasteiger partial charge in [-0.15, -0.1) is 11.8 Å². The smallest absolute Gasteiger partial charge is 0.272 e. The zero-order chi connectivity index (χ0) is 20.6. The minimum absolute atomic E-state index is 0.0464. The number of likely N-dealkylation sites (tertiary alicyclic amines) is 1. The maximum Gasteiger partial charge on any atom is 0.272 e. The Balaban J connectivity index is 1.33.